The van der Waals surface area contributed by atoms with Crippen LogP contribution in [0.15, 0.2) is 51.6 Å². The lowest BCUT2D eigenvalue weighted by molar-refractivity contribution is -0.141. The molecule has 0 spiro atoms. The van der Waals surface area contributed by atoms with E-state index in [0.717, 1.165) is 5.56 Å². The van der Waals surface area contributed by atoms with Crippen LogP contribution in [0, 0.1) is 0 Å². The number of hydrogen-bond acceptors (Lipinski definition) is 8. The Balaban J connectivity index is 1.47. The monoisotopic (exact) mass is 401 g/mol. The number of carbonyl (C=O) groups excluding carboxylic acids is 2. The number of rotatable bonds is 9. The van der Waals surface area contributed by atoms with E-state index in [4.69, 9.17) is 18.4 Å². The fourth-order valence-corrected chi connectivity index (χ4v) is 3.26. The van der Waals surface area contributed by atoms with E-state index in [2.05, 4.69) is 5.16 Å². The summed E-state index contributed by atoms with van der Waals surface area (Å²) in [5.74, 6) is 2.01. The second-order valence-corrected chi connectivity index (χ2v) is 6.88. The Kier molecular flexibility index (Phi) is 6.54. The average molecular weight is 401 g/mol. The highest BCUT2D eigenvalue weighted by Crippen LogP contribution is 2.25. The van der Waals surface area contributed by atoms with Crippen LogP contribution in [0.4, 0.5) is 0 Å². The first-order valence-corrected chi connectivity index (χ1v) is 9.63. The van der Waals surface area contributed by atoms with Crippen molar-refractivity contribution in [2.24, 2.45) is 0 Å². The van der Waals surface area contributed by atoms with Gasteiger partial charge in [0.25, 0.3) is 0 Å². The van der Waals surface area contributed by atoms with Crippen molar-refractivity contribution in [2.45, 2.75) is 19.3 Å². The summed E-state index contributed by atoms with van der Waals surface area (Å²) in [4.78, 5) is 23.5. The molecule has 8 heteroatoms. The van der Waals surface area contributed by atoms with Gasteiger partial charge in [-0.05, 0) is 37.3 Å². The topological polar surface area (TPSA) is 91.8 Å². The molecule has 7 nitrogen and oxygen atoms in total. The number of furan rings is 1. The van der Waals surface area contributed by atoms with Crippen LogP contribution in [0.25, 0.3) is 11.5 Å². The lowest BCUT2D eigenvalue weighted by Gasteiger charge is -2.09. The number of carbonyl (C=O) groups is 2. The third-order valence-electron chi connectivity index (χ3n) is 3.87. The molecule has 0 aliphatic rings. The SMILES string of the molecule is COc1ccc(C(C)=O)cc1CSCC(=O)OCc1cc(-c2ccco2)on1. The van der Waals surface area contributed by atoms with Crippen molar-refractivity contribution < 1.29 is 28.0 Å². The van der Waals surface area contributed by atoms with Crippen LogP contribution in [0.2, 0.25) is 0 Å². The van der Waals surface area contributed by atoms with Crippen LogP contribution in [-0.4, -0.2) is 29.8 Å². The summed E-state index contributed by atoms with van der Waals surface area (Å²) in [6.45, 7) is 1.53. The van der Waals surface area contributed by atoms with Gasteiger partial charge in [0.1, 0.15) is 18.1 Å². The maximum atomic E-state index is 12.0. The highest BCUT2D eigenvalue weighted by molar-refractivity contribution is 7.99. The molecule has 2 aromatic heterocycles. The maximum absolute atomic E-state index is 12.0. The number of methoxy groups -OCH3 is 1. The summed E-state index contributed by atoms with van der Waals surface area (Å²) in [7, 11) is 1.57. The molecule has 0 saturated carbocycles. The van der Waals surface area contributed by atoms with Gasteiger partial charge >= 0.3 is 5.97 Å². The summed E-state index contributed by atoms with van der Waals surface area (Å²) in [6.07, 6.45) is 1.54. The van der Waals surface area contributed by atoms with Gasteiger partial charge in [-0.15, -0.1) is 11.8 Å². The molecule has 2 heterocycles. The van der Waals surface area contributed by atoms with E-state index in [1.807, 2.05) is 0 Å². The molecule has 0 aliphatic carbocycles. The number of ether oxygens (including phenoxy) is 2. The minimum Gasteiger partial charge on any atom is -0.496 e. The minimum atomic E-state index is -0.366. The molecule has 0 fully saturated rings. The predicted molar refractivity (Wildman–Crippen MR) is 103 cm³/mol. The summed E-state index contributed by atoms with van der Waals surface area (Å²) < 4.78 is 20.9. The molecule has 0 amide bonds. The van der Waals surface area contributed by atoms with Crippen molar-refractivity contribution in [2.75, 3.05) is 12.9 Å². The van der Waals surface area contributed by atoms with Crippen LogP contribution < -0.4 is 4.74 Å². The molecule has 0 aliphatic heterocycles. The van der Waals surface area contributed by atoms with E-state index in [1.54, 1.807) is 43.5 Å². The molecule has 0 atom stereocenters. The maximum Gasteiger partial charge on any atom is 0.316 e. The predicted octanol–water partition coefficient (Wildman–Crippen LogP) is 4.12. The smallest absolute Gasteiger partial charge is 0.316 e. The van der Waals surface area contributed by atoms with Crippen molar-refractivity contribution in [3.8, 4) is 17.3 Å². The Morgan fingerprint density at radius 2 is 2.04 bits per heavy atom. The first-order chi connectivity index (χ1) is 13.6. The van der Waals surface area contributed by atoms with E-state index in [1.165, 1.54) is 24.9 Å². The second-order valence-electron chi connectivity index (χ2n) is 5.90. The van der Waals surface area contributed by atoms with Crippen LogP contribution in [0.5, 0.6) is 5.75 Å². The van der Waals surface area contributed by atoms with E-state index in [-0.39, 0.29) is 24.1 Å². The number of ketones is 1. The number of aromatic nitrogens is 1. The highest BCUT2D eigenvalue weighted by atomic mass is 32.2. The normalized spacial score (nSPS) is 10.6. The zero-order valence-electron chi connectivity index (χ0n) is 15.5. The number of nitrogens with zero attached hydrogens (tertiary/aromatic N) is 1. The quantitative estimate of drug-likeness (QED) is 0.390. The zero-order chi connectivity index (χ0) is 19.9. The van der Waals surface area contributed by atoms with Gasteiger partial charge in [-0.3, -0.25) is 9.59 Å². The third kappa shape index (κ3) is 5.04. The molecular weight excluding hydrogens is 382 g/mol. The summed E-state index contributed by atoms with van der Waals surface area (Å²) in [5.41, 5.74) is 1.96. The van der Waals surface area contributed by atoms with Crippen molar-refractivity contribution in [1.82, 2.24) is 5.16 Å². The molecule has 0 N–H and O–H groups in total. The number of esters is 1. The van der Waals surface area contributed by atoms with Gasteiger partial charge in [0, 0.05) is 22.9 Å². The molecule has 0 radical (unpaired) electrons. The molecule has 3 rings (SSSR count). The van der Waals surface area contributed by atoms with Crippen molar-refractivity contribution in [3.63, 3.8) is 0 Å². The lowest BCUT2D eigenvalue weighted by Crippen LogP contribution is -2.08. The molecule has 0 saturated heterocycles. The molecule has 3 aromatic rings. The highest BCUT2D eigenvalue weighted by Gasteiger charge is 2.12. The Hall–Kier alpha value is -3.00. The van der Waals surface area contributed by atoms with Gasteiger partial charge in [-0.1, -0.05) is 5.16 Å². The van der Waals surface area contributed by atoms with Crippen LogP contribution in [0.3, 0.4) is 0 Å². The van der Waals surface area contributed by atoms with E-state index in [0.29, 0.717) is 34.3 Å². The molecule has 0 unspecified atom stereocenters. The van der Waals surface area contributed by atoms with Gasteiger partial charge in [-0.25, -0.2) is 0 Å². The van der Waals surface area contributed by atoms with Gasteiger partial charge < -0.3 is 18.4 Å². The van der Waals surface area contributed by atoms with Gasteiger partial charge in [0.2, 0.25) is 5.76 Å². The van der Waals surface area contributed by atoms with E-state index >= 15 is 0 Å². The average Bonchev–Trinajstić information content (AvgIpc) is 3.37. The van der Waals surface area contributed by atoms with Crippen LogP contribution >= 0.6 is 11.8 Å². The fourth-order valence-electron chi connectivity index (χ4n) is 2.47. The van der Waals surface area contributed by atoms with Gasteiger partial charge in [0.05, 0.1) is 19.1 Å². The molecule has 146 valence electrons. The first-order valence-electron chi connectivity index (χ1n) is 8.47. The Bertz CT molecular complexity index is 948. The second kappa shape index (κ2) is 9.27. The third-order valence-corrected chi connectivity index (χ3v) is 4.82. The van der Waals surface area contributed by atoms with E-state index in [9.17, 15) is 9.59 Å². The van der Waals surface area contributed by atoms with E-state index < -0.39 is 0 Å². The summed E-state index contributed by atoms with van der Waals surface area (Å²) in [5, 5.41) is 3.85. The standard InChI is InChI=1S/C20H19NO6S/c1-13(22)14-5-6-17(24-2)15(8-14)11-28-12-20(23)26-10-16-9-19(27-21-16)18-4-3-7-25-18/h3-9H,10-12H2,1-2H3. The molecular formula is C20H19NO6S. The van der Waals surface area contributed by atoms with Crippen molar-refractivity contribution in [1.29, 1.82) is 0 Å². The van der Waals surface area contributed by atoms with Crippen LogP contribution in [-0.2, 0) is 21.9 Å². The number of Topliss-reactive ketones (excluding diaryl/α,β-unsaturated/α-hetero) is 1. The van der Waals surface area contributed by atoms with Crippen molar-refractivity contribution >= 4 is 23.5 Å². The van der Waals surface area contributed by atoms with Crippen molar-refractivity contribution in [3.05, 3.63) is 59.5 Å². The molecule has 28 heavy (non-hydrogen) atoms. The Morgan fingerprint density at radius 1 is 1.18 bits per heavy atom. The first kappa shape index (κ1) is 19.8. The Labute approximate surface area is 166 Å². The number of thioether (sulfide) groups is 1. The largest absolute Gasteiger partial charge is 0.496 e. The molecule has 1 aromatic carbocycles. The Morgan fingerprint density at radius 3 is 2.75 bits per heavy atom. The fraction of sp³-hybridized carbons (Fsp3) is 0.250. The molecule has 0 bridgehead atoms. The van der Waals surface area contributed by atoms with Gasteiger partial charge in [0.15, 0.2) is 11.5 Å². The number of benzene rings is 1. The lowest BCUT2D eigenvalue weighted by atomic mass is 10.1. The number of hydrogen-bond donors (Lipinski definition) is 0. The summed E-state index contributed by atoms with van der Waals surface area (Å²) >= 11 is 1.38. The summed E-state index contributed by atoms with van der Waals surface area (Å²) in [6, 6.07) is 10.4. The van der Waals surface area contributed by atoms with Gasteiger partial charge in [-0.2, -0.15) is 0 Å². The van der Waals surface area contributed by atoms with Crippen LogP contribution in [0.1, 0.15) is 28.5 Å². The minimum absolute atomic E-state index is 0.0187. The zero-order valence-corrected chi connectivity index (χ0v) is 16.3.